The molecular weight excluding hydrogens is 358 g/mol. The van der Waals surface area contributed by atoms with Crippen LogP contribution in [0.3, 0.4) is 0 Å². The molecule has 1 aliphatic rings. The molecule has 0 spiro atoms. The first-order chi connectivity index (χ1) is 13.0. The zero-order valence-corrected chi connectivity index (χ0v) is 17.9. The van der Waals surface area contributed by atoms with Crippen LogP contribution in [0.1, 0.15) is 40.0 Å². The highest BCUT2D eigenvalue weighted by atomic mass is 32.1. The van der Waals surface area contributed by atoms with Crippen molar-refractivity contribution in [3.8, 4) is 0 Å². The van der Waals surface area contributed by atoms with E-state index in [1.54, 1.807) is 0 Å². The lowest BCUT2D eigenvalue weighted by Crippen LogP contribution is -2.42. The molecule has 3 rings (SSSR count). The van der Waals surface area contributed by atoms with Crippen molar-refractivity contribution in [1.82, 2.24) is 29.9 Å². The highest BCUT2D eigenvalue weighted by molar-refractivity contribution is 7.11. The molecule has 2 aromatic heterocycles. The number of likely N-dealkylation sites (N-methyl/N-ethyl adjacent to an activating group) is 1. The molecule has 0 radical (unpaired) electrons. The molecule has 0 amide bonds. The first-order valence-corrected chi connectivity index (χ1v) is 10.3. The zero-order chi connectivity index (χ0) is 19.4. The van der Waals surface area contributed by atoms with E-state index in [1.165, 1.54) is 40.4 Å². The number of thiazole rings is 1. The molecule has 8 heteroatoms. The Bertz CT molecular complexity index is 753. The van der Waals surface area contributed by atoms with Crippen LogP contribution in [0.15, 0.2) is 17.4 Å². The summed E-state index contributed by atoms with van der Waals surface area (Å²) in [4.78, 5) is 15.2. The number of nitrogens with one attached hydrogen (secondary N) is 1. The fourth-order valence-corrected chi connectivity index (χ4v) is 4.74. The van der Waals surface area contributed by atoms with Gasteiger partial charge in [0.05, 0.1) is 24.5 Å². The molecule has 0 saturated heterocycles. The third-order valence-corrected chi connectivity index (χ3v) is 6.16. The van der Waals surface area contributed by atoms with E-state index < -0.39 is 0 Å². The topological polar surface area (TPSA) is 61.6 Å². The van der Waals surface area contributed by atoms with E-state index in [9.17, 15) is 0 Å². The zero-order valence-electron chi connectivity index (χ0n) is 17.1. The highest BCUT2D eigenvalue weighted by Gasteiger charge is 2.19. The van der Waals surface area contributed by atoms with Gasteiger partial charge in [-0.3, -0.25) is 9.67 Å². The summed E-state index contributed by atoms with van der Waals surface area (Å²) in [5, 5.41) is 9.00. The third-order valence-electron chi connectivity index (χ3n) is 5.02. The number of hydrogen-bond donors (Lipinski definition) is 1. The molecular formula is C19H31N7S. The molecule has 0 fully saturated rings. The summed E-state index contributed by atoms with van der Waals surface area (Å²) in [6.07, 6.45) is 8.90. The quantitative estimate of drug-likeness (QED) is 0.605. The minimum absolute atomic E-state index is 0.232. The molecule has 1 atom stereocenters. The Hall–Kier alpha value is -1.93. The summed E-state index contributed by atoms with van der Waals surface area (Å²) >= 11 is 1.87. The molecule has 0 bridgehead atoms. The Balaban J connectivity index is 1.61. The van der Waals surface area contributed by atoms with Crippen molar-refractivity contribution in [2.24, 2.45) is 12.0 Å². The average molecular weight is 390 g/mol. The molecule has 0 saturated carbocycles. The first kappa shape index (κ1) is 19.8. The number of guanidine groups is 1. The Morgan fingerprint density at radius 2 is 2.11 bits per heavy atom. The fraction of sp³-hybridized carbons (Fsp3) is 0.632. The second kappa shape index (κ2) is 8.84. The average Bonchev–Trinajstić information content (AvgIpc) is 3.23. The van der Waals surface area contributed by atoms with E-state index in [2.05, 4.69) is 52.5 Å². The van der Waals surface area contributed by atoms with Gasteiger partial charge in [0, 0.05) is 44.3 Å². The van der Waals surface area contributed by atoms with Gasteiger partial charge < -0.3 is 15.1 Å². The van der Waals surface area contributed by atoms with E-state index in [1.807, 2.05) is 36.3 Å². The number of nitrogens with zero attached hydrogens (tertiary/aromatic N) is 6. The summed E-state index contributed by atoms with van der Waals surface area (Å²) in [6, 6.07) is 0.232. The molecule has 2 aromatic rings. The molecule has 1 aliphatic carbocycles. The van der Waals surface area contributed by atoms with Gasteiger partial charge in [0.2, 0.25) is 0 Å². The second-order valence-electron chi connectivity index (χ2n) is 7.40. The first-order valence-electron chi connectivity index (χ1n) is 9.52. The van der Waals surface area contributed by atoms with Gasteiger partial charge in [-0.05, 0) is 39.8 Å². The lowest BCUT2D eigenvalue weighted by atomic mass is 10.0. The number of aromatic nitrogens is 3. The molecule has 1 N–H and O–H groups in total. The Kier molecular flexibility index (Phi) is 6.49. The fourth-order valence-electron chi connectivity index (χ4n) is 3.53. The lowest BCUT2D eigenvalue weighted by molar-refractivity contribution is 0.295. The van der Waals surface area contributed by atoms with Gasteiger partial charge in [0.25, 0.3) is 0 Å². The smallest absolute Gasteiger partial charge is 0.193 e. The SMILES string of the molecule is CN=C(NCC(c1cnn(C)c1)N(C)C)N(C)Cc1nc2c(s1)CCCC2. The van der Waals surface area contributed by atoms with Crippen molar-refractivity contribution in [2.45, 2.75) is 38.3 Å². The lowest BCUT2D eigenvalue weighted by Gasteiger charge is -2.27. The maximum atomic E-state index is 4.86. The number of hydrogen-bond acceptors (Lipinski definition) is 5. The van der Waals surface area contributed by atoms with Crippen LogP contribution in [0.2, 0.25) is 0 Å². The van der Waals surface area contributed by atoms with Crippen LogP contribution >= 0.6 is 11.3 Å². The summed E-state index contributed by atoms with van der Waals surface area (Å²) in [6.45, 7) is 1.56. The molecule has 148 valence electrons. The van der Waals surface area contributed by atoms with Gasteiger partial charge >= 0.3 is 0 Å². The van der Waals surface area contributed by atoms with E-state index in [4.69, 9.17) is 4.98 Å². The minimum atomic E-state index is 0.232. The maximum absolute atomic E-state index is 4.86. The number of aryl methyl sites for hydroxylation is 3. The standard InChI is InChI=1S/C19H31N7S/c1-20-19(21-11-16(24(2)3)14-10-22-26(5)12-14)25(4)13-18-23-15-8-6-7-9-17(15)27-18/h10,12,16H,6-9,11,13H2,1-5H3,(H,20,21). The predicted molar refractivity (Wildman–Crippen MR) is 111 cm³/mol. The summed E-state index contributed by atoms with van der Waals surface area (Å²) < 4.78 is 1.84. The van der Waals surface area contributed by atoms with Gasteiger partial charge in [-0.15, -0.1) is 11.3 Å². The Morgan fingerprint density at radius 1 is 1.33 bits per heavy atom. The molecule has 0 aliphatic heterocycles. The second-order valence-corrected chi connectivity index (χ2v) is 8.56. The van der Waals surface area contributed by atoms with Crippen molar-refractivity contribution in [3.63, 3.8) is 0 Å². The van der Waals surface area contributed by atoms with Gasteiger partial charge in [-0.1, -0.05) is 0 Å². The van der Waals surface area contributed by atoms with E-state index in [0.29, 0.717) is 0 Å². The Morgan fingerprint density at radius 3 is 2.74 bits per heavy atom. The van der Waals surface area contributed by atoms with Crippen LogP contribution in [-0.2, 0) is 26.4 Å². The molecule has 27 heavy (non-hydrogen) atoms. The van der Waals surface area contributed by atoms with Crippen LogP contribution in [-0.4, -0.2) is 65.3 Å². The van der Waals surface area contributed by atoms with Crippen LogP contribution in [0.5, 0.6) is 0 Å². The highest BCUT2D eigenvalue weighted by Crippen LogP contribution is 2.27. The van der Waals surface area contributed by atoms with E-state index in [0.717, 1.165) is 25.5 Å². The molecule has 2 heterocycles. The monoisotopic (exact) mass is 389 g/mol. The molecule has 1 unspecified atom stereocenters. The summed E-state index contributed by atoms with van der Waals surface area (Å²) in [7, 11) is 10.0. The van der Waals surface area contributed by atoms with Crippen LogP contribution in [0.4, 0.5) is 0 Å². The largest absolute Gasteiger partial charge is 0.354 e. The van der Waals surface area contributed by atoms with Crippen molar-refractivity contribution in [3.05, 3.63) is 33.5 Å². The van der Waals surface area contributed by atoms with Gasteiger partial charge in [-0.2, -0.15) is 5.10 Å². The molecule has 7 nitrogen and oxygen atoms in total. The minimum Gasteiger partial charge on any atom is -0.354 e. The van der Waals surface area contributed by atoms with Crippen molar-refractivity contribution in [1.29, 1.82) is 0 Å². The van der Waals surface area contributed by atoms with E-state index >= 15 is 0 Å². The predicted octanol–water partition coefficient (Wildman–Crippen LogP) is 2.07. The van der Waals surface area contributed by atoms with Gasteiger partial charge in [0.1, 0.15) is 5.01 Å². The van der Waals surface area contributed by atoms with Crippen molar-refractivity contribution >= 4 is 17.3 Å². The molecule has 0 aromatic carbocycles. The van der Waals surface area contributed by atoms with Crippen molar-refractivity contribution in [2.75, 3.05) is 34.7 Å². The third kappa shape index (κ3) is 4.87. The van der Waals surface area contributed by atoms with Crippen LogP contribution in [0, 0.1) is 0 Å². The Labute approximate surface area is 166 Å². The summed E-state index contributed by atoms with van der Waals surface area (Å²) in [5.74, 6) is 0.888. The van der Waals surface area contributed by atoms with Crippen molar-refractivity contribution < 1.29 is 0 Å². The normalized spacial score (nSPS) is 15.7. The van der Waals surface area contributed by atoms with E-state index in [-0.39, 0.29) is 6.04 Å². The van der Waals surface area contributed by atoms with Crippen LogP contribution in [0.25, 0.3) is 0 Å². The number of aliphatic imine (C=N–C) groups is 1. The van der Waals surface area contributed by atoms with Gasteiger partial charge in [0.15, 0.2) is 5.96 Å². The number of fused-ring (bicyclic) bond motifs is 1. The number of rotatable bonds is 6. The van der Waals surface area contributed by atoms with Gasteiger partial charge in [-0.25, -0.2) is 4.98 Å². The summed E-state index contributed by atoms with van der Waals surface area (Å²) in [5.41, 5.74) is 2.52. The maximum Gasteiger partial charge on any atom is 0.193 e. The van der Waals surface area contributed by atoms with Crippen LogP contribution < -0.4 is 5.32 Å².